The molecule has 0 aliphatic carbocycles. The summed E-state index contributed by atoms with van der Waals surface area (Å²) >= 11 is 0. The van der Waals surface area contributed by atoms with Gasteiger partial charge in [-0.25, -0.2) is 0 Å². The van der Waals surface area contributed by atoms with Crippen molar-refractivity contribution in [1.29, 1.82) is 0 Å². The molecule has 2 rings (SSSR count). The Bertz CT molecular complexity index is 389. The maximum absolute atomic E-state index is 11.4. The number of carbonyl (C=O) groups excluding carboxylic acids is 2. The molecule has 2 amide bonds. The van der Waals surface area contributed by atoms with Crippen molar-refractivity contribution in [1.82, 2.24) is 10.3 Å². The second kappa shape index (κ2) is 3.81. The molecule has 4 heteroatoms. The van der Waals surface area contributed by atoms with Gasteiger partial charge in [0.25, 0.3) is 0 Å². The molecule has 78 valence electrons. The molecule has 0 aromatic carbocycles. The molecule has 0 bridgehead atoms. The Kier molecular flexibility index (Phi) is 2.49. The van der Waals surface area contributed by atoms with Gasteiger partial charge in [-0.1, -0.05) is 13.0 Å². The number of nitrogens with one attached hydrogen (secondary N) is 1. The van der Waals surface area contributed by atoms with Gasteiger partial charge in [-0.05, 0) is 12.1 Å². The first-order valence-corrected chi connectivity index (χ1v) is 4.93. The fraction of sp³-hybridized carbons (Fsp3) is 0.364. The third-order valence-electron chi connectivity index (χ3n) is 2.76. The highest BCUT2D eigenvalue weighted by atomic mass is 16.2. The zero-order valence-corrected chi connectivity index (χ0v) is 8.43. The molecule has 2 heterocycles. The fourth-order valence-corrected chi connectivity index (χ4v) is 1.83. The topological polar surface area (TPSA) is 59.1 Å². The average molecular weight is 204 g/mol. The fourth-order valence-electron chi connectivity index (χ4n) is 1.83. The first-order chi connectivity index (χ1) is 7.18. The Morgan fingerprint density at radius 1 is 1.47 bits per heavy atom. The van der Waals surface area contributed by atoms with Crippen molar-refractivity contribution in [3.63, 3.8) is 0 Å². The molecule has 1 aliphatic rings. The van der Waals surface area contributed by atoms with Gasteiger partial charge in [0.2, 0.25) is 11.8 Å². The Balaban J connectivity index is 2.18. The van der Waals surface area contributed by atoms with E-state index in [9.17, 15) is 9.59 Å². The van der Waals surface area contributed by atoms with Crippen LogP contribution < -0.4 is 5.32 Å². The first-order valence-electron chi connectivity index (χ1n) is 4.93. The molecule has 0 radical (unpaired) electrons. The van der Waals surface area contributed by atoms with Gasteiger partial charge in [0, 0.05) is 24.2 Å². The molecule has 1 aromatic heterocycles. The molecule has 4 nitrogen and oxygen atoms in total. The van der Waals surface area contributed by atoms with Crippen LogP contribution in [0.4, 0.5) is 0 Å². The van der Waals surface area contributed by atoms with E-state index in [0.717, 1.165) is 5.69 Å². The van der Waals surface area contributed by atoms with Crippen LogP contribution in [0.5, 0.6) is 0 Å². The van der Waals surface area contributed by atoms with Crippen molar-refractivity contribution in [3.8, 4) is 0 Å². The lowest BCUT2D eigenvalue weighted by Crippen LogP contribution is -2.24. The minimum Gasteiger partial charge on any atom is -0.296 e. The monoisotopic (exact) mass is 204 g/mol. The summed E-state index contributed by atoms with van der Waals surface area (Å²) in [5.41, 5.74) is 0.854. The van der Waals surface area contributed by atoms with E-state index in [1.54, 1.807) is 6.20 Å². The van der Waals surface area contributed by atoms with Crippen molar-refractivity contribution < 1.29 is 9.59 Å². The van der Waals surface area contributed by atoms with E-state index >= 15 is 0 Å². The number of hydrogen-bond donors (Lipinski definition) is 1. The van der Waals surface area contributed by atoms with Crippen LogP contribution in [0.25, 0.3) is 0 Å². The minimum absolute atomic E-state index is 0.0161. The van der Waals surface area contributed by atoms with E-state index in [0.29, 0.717) is 0 Å². The summed E-state index contributed by atoms with van der Waals surface area (Å²) < 4.78 is 0. The van der Waals surface area contributed by atoms with E-state index in [4.69, 9.17) is 0 Å². The highest BCUT2D eigenvalue weighted by Gasteiger charge is 2.35. The van der Waals surface area contributed by atoms with Gasteiger partial charge in [-0.3, -0.25) is 19.9 Å². The zero-order chi connectivity index (χ0) is 10.8. The molecule has 0 spiro atoms. The molecule has 0 saturated carbocycles. The predicted octanol–water partition coefficient (Wildman–Crippen LogP) is 0.848. The van der Waals surface area contributed by atoms with Crippen LogP contribution in [0.1, 0.15) is 25.0 Å². The summed E-state index contributed by atoms with van der Waals surface area (Å²) in [4.78, 5) is 26.7. The van der Waals surface area contributed by atoms with Crippen molar-refractivity contribution >= 4 is 11.8 Å². The number of rotatable bonds is 2. The van der Waals surface area contributed by atoms with Crippen LogP contribution in [0, 0.1) is 5.92 Å². The summed E-state index contributed by atoms with van der Waals surface area (Å²) in [6.07, 6.45) is 1.97. The quantitative estimate of drug-likeness (QED) is 0.726. The molecule has 1 fully saturated rings. The molecular weight excluding hydrogens is 192 g/mol. The summed E-state index contributed by atoms with van der Waals surface area (Å²) in [7, 11) is 0. The number of aromatic nitrogens is 1. The van der Waals surface area contributed by atoms with E-state index in [2.05, 4.69) is 10.3 Å². The summed E-state index contributed by atoms with van der Waals surface area (Å²) in [5, 5.41) is 2.31. The number of pyridine rings is 1. The summed E-state index contributed by atoms with van der Waals surface area (Å²) in [6.45, 7) is 1.92. The smallest absolute Gasteiger partial charge is 0.230 e. The highest BCUT2D eigenvalue weighted by Crippen LogP contribution is 2.28. The number of nitrogens with zero attached hydrogens (tertiary/aromatic N) is 1. The lowest BCUT2D eigenvalue weighted by atomic mass is 9.89. The second-order valence-electron chi connectivity index (χ2n) is 3.77. The van der Waals surface area contributed by atoms with Gasteiger partial charge >= 0.3 is 0 Å². The molecule has 1 aliphatic heterocycles. The number of amides is 2. The maximum atomic E-state index is 11.4. The largest absolute Gasteiger partial charge is 0.296 e. The summed E-state index contributed by atoms with van der Waals surface area (Å²) in [5.74, 6) is -0.656. The van der Waals surface area contributed by atoms with Gasteiger partial charge in [0.15, 0.2) is 0 Å². The Labute approximate surface area is 87.7 Å². The molecule has 15 heavy (non-hydrogen) atoms. The van der Waals surface area contributed by atoms with Crippen molar-refractivity contribution in [2.24, 2.45) is 5.92 Å². The number of carbonyl (C=O) groups is 2. The normalized spacial score (nSPS) is 22.6. The Morgan fingerprint density at radius 3 is 2.80 bits per heavy atom. The maximum Gasteiger partial charge on any atom is 0.230 e. The first kappa shape index (κ1) is 9.83. The average Bonchev–Trinajstić information content (AvgIpc) is 2.58. The van der Waals surface area contributed by atoms with Crippen LogP contribution in [0.3, 0.4) is 0 Å². The Hall–Kier alpha value is -1.71. The van der Waals surface area contributed by atoms with Crippen molar-refractivity contribution in [3.05, 3.63) is 30.1 Å². The minimum atomic E-state index is -0.271. The van der Waals surface area contributed by atoms with Gasteiger partial charge in [0.05, 0.1) is 5.92 Å². The molecule has 1 N–H and O–H groups in total. The van der Waals surface area contributed by atoms with Gasteiger partial charge < -0.3 is 0 Å². The van der Waals surface area contributed by atoms with E-state index < -0.39 is 0 Å². The lowest BCUT2D eigenvalue weighted by Gasteiger charge is -2.14. The summed E-state index contributed by atoms with van der Waals surface area (Å²) in [6, 6.07) is 5.59. The van der Waals surface area contributed by atoms with Crippen LogP contribution in [0.2, 0.25) is 0 Å². The molecule has 2 unspecified atom stereocenters. The standard InChI is InChI=1S/C11H12N2O2/c1-7(9-4-2-3-5-12-9)8-6-10(14)13-11(8)15/h2-5,7-8H,6H2,1H3,(H,13,14,15). The van der Waals surface area contributed by atoms with Crippen LogP contribution in [-0.4, -0.2) is 16.8 Å². The van der Waals surface area contributed by atoms with Gasteiger partial charge in [0.1, 0.15) is 0 Å². The van der Waals surface area contributed by atoms with Gasteiger partial charge in [-0.15, -0.1) is 0 Å². The van der Waals surface area contributed by atoms with E-state index in [1.165, 1.54) is 0 Å². The molecule has 1 aromatic rings. The van der Waals surface area contributed by atoms with Gasteiger partial charge in [-0.2, -0.15) is 0 Å². The number of imide groups is 1. The zero-order valence-electron chi connectivity index (χ0n) is 8.43. The Morgan fingerprint density at radius 2 is 2.27 bits per heavy atom. The number of hydrogen-bond acceptors (Lipinski definition) is 3. The van der Waals surface area contributed by atoms with Crippen LogP contribution in [0.15, 0.2) is 24.4 Å². The van der Waals surface area contributed by atoms with E-state index in [1.807, 2.05) is 25.1 Å². The highest BCUT2D eigenvalue weighted by molar-refractivity contribution is 6.03. The lowest BCUT2D eigenvalue weighted by molar-refractivity contribution is -0.126. The third kappa shape index (κ3) is 1.88. The van der Waals surface area contributed by atoms with Crippen molar-refractivity contribution in [2.45, 2.75) is 19.3 Å². The molecule has 2 atom stereocenters. The van der Waals surface area contributed by atoms with Crippen LogP contribution in [-0.2, 0) is 9.59 Å². The predicted molar refractivity (Wildman–Crippen MR) is 53.9 cm³/mol. The SMILES string of the molecule is CC(c1ccccn1)C1CC(=O)NC1=O. The van der Waals surface area contributed by atoms with Crippen LogP contribution >= 0.6 is 0 Å². The third-order valence-corrected chi connectivity index (χ3v) is 2.76. The molecule has 1 saturated heterocycles. The second-order valence-corrected chi connectivity index (χ2v) is 3.77. The molecular formula is C11H12N2O2. The van der Waals surface area contributed by atoms with E-state index in [-0.39, 0.29) is 30.1 Å². The van der Waals surface area contributed by atoms with Crippen molar-refractivity contribution in [2.75, 3.05) is 0 Å².